The molecule has 124 valence electrons. The van der Waals surface area contributed by atoms with Crippen LogP contribution in [-0.2, 0) is 0 Å². The second-order valence-electron chi connectivity index (χ2n) is 6.11. The number of fused-ring (bicyclic) bond motifs is 1. The zero-order valence-corrected chi connectivity index (χ0v) is 14.2. The van der Waals surface area contributed by atoms with Gasteiger partial charge in [-0.3, -0.25) is 4.90 Å². The van der Waals surface area contributed by atoms with Gasteiger partial charge < -0.3 is 5.32 Å². The predicted octanol–water partition coefficient (Wildman–Crippen LogP) is 3.82. The Morgan fingerprint density at radius 2 is 1.88 bits per heavy atom. The molecule has 0 amide bonds. The highest BCUT2D eigenvalue weighted by atomic mass is 32.1. The summed E-state index contributed by atoms with van der Waals surface area (Å²) in [6.07, 6.45) is 1.11. The minimum Gasteiger partial charge on any atom is -0.315 e. The Kier molecular flexibility index (Phi) is 4.56. The zero-order chi connectivity index (χ0) is 16.4. The molecule has 1 saturated heterocycles. The number of hydrogen-bond donors (Lipinski definition) is 1. The maximum Gasteiger partial charge on any atom is 0.123 e. The van der Waals surface area contributed by atoms with Gasteiger partial charge in [0, 0.05) is 19.6 Å². The molecule has 1 aliphatic heterocycles. The van der Waals surface area contributed by atoms with Crippen molar-refractivity contribution in [2.45, 2.75) is 12.5 Å². The van der Waals surface area contributed by atoms with Crippen LogP contribution in [0.15, 0.2) is 48.5 Å². The molecule has 4 rings (SSSR count). The standard InChI is InChI=1S/C19H20FN3S/c20-15-8-6-14(7-9-15)18(23-12-3-10-21-11-13-23)19-22-16-4-1-2-5-17(16)24-19/h1-2,4-9,18,21H,3,10-13H2. The van der Waals surface area contributed by atoms with E-state index in [1.165, 1.54) is 4.70 Å². The molecule has 24 heavy (non-hydrogen) atoms. The molecule has 1 unspecified atom stereocenters. The maximum absolute atomic E-state index is 13.4. The Morgan fingerprint density at radius 3 is 2.71 bits per heavy atom. The average molecular weight is 341 g/mol. The minimum absolute atomic E-state index is 0.0860. The number of nitrogens with one attached hydrogen (secondary N) is 1. The van der Waals surface area contributed by atoms with Crippen LogP contribution < -0.4 is 5.32 Å². The first-order valence-electron chi connectivity index (χ1n) is 8.37. The lowest BCUT2D eigenvalue weighted by Gasteiger charge is -2.29. The van der Waals surface area contributed by atoms with E-state index in [-0.39, 0.29) is 11.9 Å². The number of thiazole rings is 1. The first-order chi connectivity index (χ1) is 11.8. The number of hydrogen-bond acceptors (Lipinski definition) is 4. The van der Waals surface area contributed by atoms with Gasteiger partial charge in [-0.05, 0) is 42.8 Å². The van der Waals surface area contributed by atoms with Gasteiger partial charge in [-0.2, -0.15) is 0 Å². The molecule has 1 aromatic heterocycles. The quantitative estimate of drug-likeness (QED) is 0.785. The van der Waals surface area contributed by atoms with Gasteiger partial charge in [0.05, 0.1) is 16.3 Å². The van der Waals surface area contributed by atoms with E-state index in [4.69, 9.17) is 4.98 Å². The van der Waals surface area contributed by atoms with Crippen molar-refractivity contribution in [1.82, 2.24) is 15.2 Å². The van der Waals surface area contributed by atoms with Crippen molar-refractivity contribution in [2.75, 3.05) is 26.2 Å². The van der Waals surface area contributed by atoms with Crippen LogP contribution in [0.4, 0.5) is 4.39 Å². The number of nitrogens with zero attached hydrogens (tertiary/aromatic N) is 2. The van der Waals surface area contributed by atoms with Crippen molar-refractivity contribution >= 4 is 21.6 Å². The molecule has 0 spiro atoms. The Bertz CT molecular complexity index is 774. The molecule has 3 aromatic rings. The zero-order valence-electron chi connectivity index (χ0n) is 13.4. The van der Waals surface area contributed by atoms with Crippen molar-refractivity contribution < 1.29 is 4.39 Å². The van der Waals surface area contributed by atoms with Crippen molar-refractivity contribution in [3.05, 3.63) is 64.9 Å². The van der Waals surface area contributed by atoms with Crippen LogP contribution in [0.5, 0.6) is 0 Å². The highest BCUT2D eigenvalue weighted by molar-refractivity contribution is 7.18. The lowest BCUT2D eigenvalue weighted by Crippen LogP contribution is -2.33. The van der Waals surface area contributed by atoms with E-state index in [9.17, 15) is 4.39 Å². The third-order valence-corrected chi connectivity index (χ3v) is 5.56. The van der Waals surface area contributed by atoms with E-state index in [1.54, 1.807) is 23.5 Å². The van der Waals surface area contributed by atoms with Crippen molar-refractivity contribution in [1.29, 1.82) is 0 Å². The number of para-hydroxylation sites is 1. The van der Waals surface area contributed by atoms with Crippen molar-refractivity contribution in [2.24, 2.45) is 0 Å². The number of benzene rings is 2. The first-order valence-corrected chi connectivity index (χ1v) is 9.18. The monoisotopic (exact) mass is 341 g/mol. The molecular weight excluding hydrogens is 321 g/mol. The fraction of sp³-hybridized carbons (Fsp3) is 0.316. The van der Waals surface area contributed by atoms with E-state index in [2.05, 4.69) is 22.3 Å². The van der Waals surface area contributed by atoms with Gasteiger partial charge in [0.1, 0.15) is 10.8 Å². The van der Waals surface area contributed by atoms with Gasteiger partial charge in [-0.15, -0.1) is 11.3 Å². The summed E-state index contributed by atoms with van der Waals surface area (Å²) in [5, 5.41) is 4.54. The minimum atomic E-state index is -0.195. The van der Waals surface area contributed by atoms with Gasteiger partial charge in [0.25, 0.3) is 0 Å². The highest BCUT2D eigenvalue weighted by Crippen LogP contribution is 2.34. The summed E-state index contributed by atoms with van der Waals surface area (Å²) in [4.78, 5) is 7.34. The molecule has 0 radical (unpaired) electrons. The van der Waals surface area contributed by atoms with Gasteiger partial charge in [0.15, 0.2) is 0 Å². The molecule has 0 bridgehead atoms. The Labute approximate surface area is 145 Å². The number of aromatic nitrogens is 1. The van der Waals surface area contributed by atoms with Gasteiger partial charge >= 0.3 is 0 Å². The number of halogens is 1. The van der Waals surface area contributed by atoms with E-state index >= 15 is 0 Å². The lowest BCUT2D eigenvalue weighted by molar-refractivity contribution is 0.241. The molecule has 3 nitrogen and oxygen atoms in total. The molecule has 1 fully saturated rings. The summed E-state index contributed by atoms with van der Waals surface area (Å²) in [5.74, 6) is -0.195. The van der Waals surface area contributed by atoms with Crippen molar-refractivity contribution in [3.8, 4) is 0 Å². The van der Waals surface area contributed by atoms with Crippen LogP contribution >= 0.6 is 11.3 Å². The Balaban J connectivity index is 1.77. The van der Waals surface area contributed by atoms with E-state index < -0.39 is 0 Å². The summed E-state index contributed by atoms with van der Waals surface area (Å²) >= 11 is 1.74. The number of rotatable bonds is 3. The van der Waals surface area contributed by atoms with Crippen LogP contribution in [-0.4, -0.2) is 36.1 Å². The predicted molar refractivity (Wildman–Crippen MR) is 96.9 cm³/mol. The smallest absolute Gasteiger partial charge is 0.123 e. The summed E-state index contributed by atoms with van der Waals surface area (Å²) in [7, 11) is 0. The van der Waals surface area contributed by atoms with Gasteiger partial charge in [-0.25, -0.2) is 9.37 Å². The van der Waals surface area contributed by atoms with Crippen LogP contribution in [0.25, 0.3) is 10.2 Å². The topological polar surface area (TPSA) is 28.2 Å². The normalized spacial score (nSPS) is 17.7. The Hall–Kier alpha value is -1.82. The van der Waals surface area contributed by atoms with Crippen LogP contribution in [0.2, 0.25) is 0 Å². The first kappa shape index (κ1) is 15.7. The third-order valence-electron chi connectivity index (χ3n) is 4.47. The summed E-state index contributed by atoms with van der Waals surface area (Å²) in [6, 6.07) is 15.2. The maximum atomic E-state index is 13.4. The van der Waals surface area contributed by atoms with Gasteiger partial charge in [-0.1, -0.05) is 24.3 Å². The molecular formula is C19H20FN3S. The molecule has 1 atom stereocenters. The fourth-order valence-electron chi connectivity index (χ4n) is 3.29. The molecule has 0 saturated carbocycles. The molecule has 2 heterocycles. The fourth-order valence-corrected chi connectivity index (χ4v) is 4.42. The van der Waals surface area contributed by atoms with Crippen LogP contribution in [0, 0.1) is 5.82 Å². The SMILES string of the molecule is Fc1ccc(C(c2nc3ccccc3s2)N2CCCNCC2)cc1. The lowest BCUT2D eigenvalue weighted by atomic mass is 10.1. The average Bonchev–Trinajstić information content (AvgIpc) is 2.84. The molecule has 0 aliphatic carbocycles. The summed E-state index contributed by atoms with van der Waals surface area (Å²) in [5.41, 5.74) is 2.15. The van der Waals surface area contributed by atoms with Crippen LogP contribution in [0.3, 0.4) is 0 Å². The summed E-state index contributed by atoms with van der Waals surface area (Å²) < 4.78 is 14.6. The van der Waals surface area contributed by atoms with Gasteiger partial charge in [0.2, 0.25) is 0 Å². The van der Waals surface area contributed by atoms with E-state index in [0.717, 1.165) is 48.7 Å². The second kappa shape index (κ2) is 6.97. The third kappa shape index (κ3) is 3.20. The molecule has 5 heteroatoms. The molecule has 1 N–H and O–H groups in total. The second-order valence-corrected chi connectivity index (χ2v) is 7.18. The van der Waals surface area contributed by atoms with E-state index in [0.29, 0.717) is 0 Å². The largest absolute Gasteiger partial charge is 0.315 e. The van der Waals surface area contributed by atoms with E-state index in [1.807, 2.05) is 24.3 Å². The van der Waals surface area contributed by atoms with Crippen LogP contribution in [0.1, 0.15) is 23.0 Å². The highest BCUT2D eigenvalue weighted by Gasteiger charge is 2.26. The molecule has 2 aromatic carbocycles. The van der Waals surface area contributed by atoms with Crippen molar-refractivity contribution in [3.63, 3.8) is 0 Å². The Morgan fingerprint density at radius 1 is 1.04 bits per heavy atom. The summed E-state index contributed by atoms with van der Waals surface area (Å²) in [6.45, 7) is 4.01. The molecule has 1 aliphatic rings.